The maximum Gasteiger partial charge on any atom is 0.332 e. The third-order valence-electron chi connectivity index (χ3n) is 3.00. The average Bonchev–Trinajstić information content (AvgIpc) is 2.60. The Kier molecular flexibility index (Phi) is 1.65. The van der Waals surface area contributed by atoms with Crippen molar-refractivity contribution < 1.29 is 19.8 Å². The number of carbonyl (C=O) groups is 2. The summed E-state index contributed by atoms with van der Waals surface area (Å²) < 4.78 is 0. The van der Waals surface area contributed by atoms with Crippen molar-refractivity contribution in [3.63, 3.8) is 0 Å². The van der Waals surface area contributed by atoms with Crippen molar-refractivity contribution in [1.82, 2.24) is 0 Å². The van der Waals surface area contributed by atoms with Gasteiger partial charge in [0.15, 0.2) is 0 Å². The number of aliphatic carboxylic acids is 2. The first-order valence-electron chi connectivity index (χ1n) is 4.32. The zero-order valence-electron chi connectivity index (χ0n) is 6.99. The summed E-state index contributed by atoms with van der Waals surface area (Å²) >= 11 is 0. The summed E-state index contributed by atoms with van der Waals surface area (Å²) in [7, 11) is 0. The highest BCUT2D eigenvalue weighted by atomic mass is 16.4. The second-order valence-electron chi connectivity index (χ2n) is 3.64. The molecule has 0 aliphatic heterocycles. The molecule has 0 aromatic rings. The van der Waals surface area contributed by atoms with Crippen molar-refractivity contribution in [2.45, 2.75) is 19.3 Å². The van der Waals surface area contributed by atoms with E-state index in [2.05, 4.69) is 0 Å². The number of hydrogen-bond acceptors (Lipinski definition) is 2. The van der Waals surface area contributed by atoms with Crippen molar-refractivity contribution >= 4 is 11.9 Å². The minimum absolute atomic E-state index is 0.00593. The summed E-state index contributed by atoms with van der Waals surface area (Å²) in [5.74, 6) is -2.11. The number of carboxylic acids is 2. The molecule has 4 nitrogen and oxygen atoms in total. The van der Waals surface area contributed by atoms with Gasteiger partial charge in [-0.2, -0.15) is 0 Å². The second-order valence-corrected chi connectivity index (χ2v) is 3.64. The van der Waals surface area contributed by atoms with Crippen molar-refractivity contribution in [1.29, 1.82) is 0 Å². The van der Waals surface area contributed by atoms with Crippen LogP contribution in [-0.4, -0.2) is 22.2 Å². The third kappa shape index (κ3) is 1.05. The van der Waals surface area contributed by atoms with E-state index in [0.29, 0.717) is 0 Å². The van der Waals surface area contributed by atoms with Crippen LogP contribution in [0.3, 0.4) is 0 Å². The van der Waals surface area contributed by atoms with E-state index in [1.54, 1.807) is 0 Å². The third-order valence-corrected chi connectivity index (χ3v) is 3.00. The fourth-order valence-electron chi connectivity index (χ4n) is 2.53. The minimum Gasteiger partial charge on any atom is -0.478 e. The molecule has 2 aliphatic rings. The van der Waals surface area contributed by atoms with E-state index in [0.717, 1.165) is 19.3 Å². The van der Waals surface area contributed by atoms with Gasteiger partial charge in [-0.15, -0.1) is 0 Å². The Labute approximate surface area is 74.9 Å². The quantitative estimate of drug-likeness (QED) is 0.664. The smallest absolute Gasteiger partial charge is 0.332 e. The standard InChI is InChI=1S/C9H10O4/c10-8(11)6-4-1-2-5(3-4)7(6)9(12)13/h4-5H,1-3H2,(H,10,11)(H,12,13)/t4-,5-/m0/s1. The molecule has 2 aliphatic carbocycles. The van der Waals surface area contributed by atoms with Crippen LogP contribution in [0, 0.1) is 11.8 Å². The molecule has 0 aromatic heterocycles. The molecule has 4 heteroatoms. The Morgan fingerprint density at radius 3 is 1.69 bits per heavy atom. The van der Waals surface area contributed by atoms with Crippen molar-refractivity contribution in [3.8, 4) is 0 Å². The fraction of sp³-hybridized carbons (Fsp3) is 0.556. The van der Waals surface area contributed by atoms with Gasteiger partial charge in [-0.25, -0.2) is 9.59 Å². The minimum atomic E-state index is -1.05. The summed E-state index contributed by atoms with van der Waals surface area (Å²) in [5, 5.41) is 17.7. The van der Waals surface area contributed by atoms with Gasteiger partial charge in [-0.3, -0.25) is 0 Å². The summed E-state index contributed by atoms with van der Waals surface area (Å²) in [6, 6.07) is 0. The van der Waals surface area contributed by atoms with Crippen molar-refractivity contribution in [3.05, 3.63) is 11.1 Å². The zero-order valence-corrected chi connectivity index (χ0v) is 6.99. The molecule has 0 spiro atoms. The molecule has 0 aromatic carbocycles. The predicted molar refractivity (Wildman–Crippen MR) is 43.1 cm³/mol. The van der Waals surface area contributed by atoms with Crippen LogP contribution < -0.4 is 0 Å². The zero-order chi connectivity index (χ0) is 9.59. The van der Waals surface area contributed by atoms with Crippen molar-refractivity contribution in [2.75, 3.05) is 0 Å². The molecule has 2 rings (SSSR count). The molecule has 0 unspecified atom stereocenters. The van der Waals surface area contributed by atoms with Gasteiger partial charge in [0.1, 0.15) is 0 Å². The maximum atomic E-state index is 10.8. The van der Waals surface area contributed by atoms with Gasteiger partial charge in [-0.05, 0) is 31.1 Å². The van der Waals surface area contributed by atoms with Gasteiger partial charge < -0.3 is 10.2 Å². The number of hydrogen-bond donors (Lipinski definition) is 2. The molecule has 0 amide bonds. The summed E-state index contributed by atoms with van der Waals surface area (Å²) in [6.07, 6.45) is 2.40. The van der Waals surface area contributed by atoms with Crippen LogP contribution in [0.4, 0.5) is 0 Å². The van der Waals surface area contributed by atoms with Crippen LogP contribution in [-0.2, 0) is 9.59 Å². The molecule has 0 radical (unpaired) electrons. The summed E-state index contributed by atoms with van der Waals surface area (Å²) in [5.41, 5.74) is 0.313. The molecule has 70 valence electrons. The highest BCUT2D eigenvalue weighted by Gasteiger charge is 2.44. The molecule has 1 fully saturated rings. The van der Waals surface area contributed by atoms with Gasteiger partial charge in [0.2, 0.25) is 0 Å². The van der Waals surface area contributed by atoms with Gasteiger partial charge in [-0.1, -0.05) is 0 Å². The van der Waals surface area contributed by atoms with Gasteiger partial charge in [0.05, 0.1) is 11.1 Å². The van der Waals surface area contributed by atoms with E-state index in [1.807, 2.05) is 0 Å². The summed E-state index contributed by atoms with van der Waals surface area (Å²) in [4.78, 5) is 21.6. The highest BCUT2D eigenvalue weighted by Crippen LogP contribution is 2.48. The lowest BCUT2D eigenvalue weighted by Gasteiger charge is -2.12. The van der Waals surface area contributed by atoms with Crippen LogP contribution in [0.25, 0.3) is 0 Å². The number of rotatable bonds is 2. The van der Waals surface area contributed by atoms with Gasteiger partial charge in [0, 0.05) is 0 Å². The Morgan fingerprint density at radius 2 is 1.38 bits per heavy atom. The average molecular weight is 182 g/mol. The molecule has 0 saturated heterocycles. The van der Waals surface area contributed by atoms with E-state index < -0.39 is 11.9 Å². The maximum absolute atomic E-state index is 10.8. The monoisotopic (exact) mass is 182 g/mol. The molecule has 13 heavy (non-hydrogen) atoms. The SMILES string of the molecule is O=C(O)C1=C(C(=O)O)[C@H]2CC[C@H]1C2. The van der Waals surface area contributed by atoms with Crippen LogP contribution in [0.2, 0.25) is 0 Å². The van der Waals surface area contributed by atoms with E-state index in [-0.39, 0.29) is 23.0 Å². The van der Waals surface area contributed by atoms with E-state index in [4.69, 9.17) is 10.2 Å². The lowest BCUT2D eigenvalue weighted by molar-refractivity contribution is -0.136. The molecule has 2 N–H and O–H groups in total. The van der Waals surface area contributed by atoms with Crippen LogP contribution in [0.1, 0.15) is 19.3 Å². The Balaban J connectivity index is 2.46. The normalized spacial score (nSPS) is 31.1. The lowest BCUT2D eigenvalue weighted by atomic mass is 9.92. The van der Waals surface area contributed by atoms with Gasteiger partial charge >= 0.3 is 11.9 Å². The molecule has 1 saturated carbocycles. The van der Waals surface area contributed by atoms with Crippen LogP contribution >= 0.6 is 0 Å². The van der Waals surface area contributed by atoms with Crippen molar-refractivity contribution in [2.24, 2.45) is 11.8 Å². The van der Waals surface area contributed by atoms with Gasteiger partial charge in [0.25, 0.3) is 0 Å². The largest absolute Gasteiger partial charge is 0.478 e. The van der Waals surface area contributed by atoms with E-state index >= 15 is 0 Å². The van der Waals surface area contributed by atoms with E-state index in [9.17, 15) is 9.59 Å². The molecule has 2 atom stereocenters. The first-order chi connectivity index (χ1) is 6.11. The highest BCUT2D eigenvalue weighted by molar-refractivity contribution is 6.00. The molecular weight excluding hydrogens is 172 g/mol. The van der Waals surface area contributed by atoms with E-state index in [1.165, 1.54) is 0 Å². The fourth-order valence-corrected chi connectivity index (χ4v) is 2.53. The van der Waals surface area contributed by atoms with Crippen LogP contribution in [0.5, 0.6) is 0 Å². The lowest BCUT2D eigenvalue weighted by Crippen LogP contribution is -2.17. The Bertz CT molecular complexity index is 286. The molecule has 0 heterocycles. The predicted octanol–water partition coefficient (Wildman–Crippen LogP) is 0.882. The first kappa shape index (κ1) is 8.29. The molecule has 2 bridgehead atoms. The summed E-state index contributed by atoms with van der Waals surface area (Å²) in [6.45, 7) is 0. The number of carboxylic acid groups (broad SMARTS) is 2. The Hall–Kier alpha value is -1.32. The number of fused-ring (bicyclic) bond motifs is 2. The Morgan fingerprint density at radius 1 is 1.00 bits per heavy atom. The van der Waals surface area contributed by atoms with Crippen LogP contribution in [0.15, 0.2) is 11.1 Å². The second kappa shape index (κ2) is 2.58. The topological polar surface area (TPSA) is 74.6 Å². The first-order valence-corrected chi connectivity index (χ1v) is 4.32. The molecular formula is C9H10O4.